The monoisotopic (exact) mass is 390 g/mol. The summed E-state index contributed by atoms with van der Waals surface area (Å²) in [4.78, 5) is 38.6. The molecule has 0 aliphatic heterocycles. The molecule has 0 aromatic heterocycles. The van der Waals surface area contributed by atoms with Gasteiger partial charge in [-0.05, 0) is 26.0 Å². The Kier molecular flexibility index (Phi) is 35.8. The lowest BCUT2D eigenvalue weighted by atomic mass is 10.4. The average Bonchev–Trinajstić information content (AvgIpc) is 2.62. The number of carboxylic acids is 2. The molecular formula is C17H30N2O8. The van der Waals surface area contributed by atoms with Crippen molar-refractivity contribution >= 4 is 23.8 Å². The van der Waals surface area contributed by atoms with Gasteiger partial charge in [-0.15, -0.1) is 0 Å². The molecule has 0 heterocycles. The number of carbonyl (C=O) groups is 4. The first-order chi connectivity index (χ1) is 12.3. The molecule has 2 amide bonds. The Hall–Kier alpha value is -3.24. The number of primary amides is 1. The predicted octanol–water partition coefficient (Wildman–Crippen LogP) is -0.159. The summed E-state index contributed by atoms with van der Waals surface area (Å²) in [7, 11) is 1.56. The molecule has 7 N–H and O–H groups in total. The lowest BCUT2D eigenvalue weighted by molar-refractivity contribution is -0.133. The zero-order valence-electron chi connectivity index (χ0n) is 15.9. The van der Waals surface area contributed by atoms with Crippen molar-refractivity contribution in [3.05, 3.63) is 49.6 Å². The van der Waals surface area contributed by atoms with E-state index in [1.54, 1.807) is 7.05 Å². The summed E-state index contributed by atoms with van der Waals surface area (Å²) < 4.78 is 0. The molecule has 0 aromatic rings. The number of hydrogen-bond donors (Lipinski definition) is 6. The molecule has 0 aliphatic rings. The molecule has 156 valence electrons. The summed E-state index contributed by atoms with van der Waals surface area (Å²) in [6.45, 7) is 15.3. The van der Waals surface area contributed by atoms with Gasteiger partial charge in [-0.2, -0.15) is 0 Å². The fourth-order valence-corrected chi connectivity index (χ4v) is 0.102. The van der Waals surface area contributed by atoms with Gasteiger partial charge in [0.2, 0.25) is 11.8 Å². The van der Waals surface area contributed by atoms with Crippen molar-refractivity contribution in [1.82, 2.24) is 5.32 Å². The summed E-state index contributed by atoms with van der Waals surface area (Å²) in [6.07, 6.45) is 2.28. The molecule has 10 heteroatoms. The van der Waals surface area contributed by atoms with Gasteiger partial charge in [0.05, 0.1) is 13.2 Å². The Bertz CT molecular complexity index is 446. The summed E-state index contributed by atoms with van der Waals surface area (Å²) >= 11 is 0. The van der Waals surface area contributed by atoms with Crippen LogP contribution in [0.3, 0.4) is 0 Å². The van der Waals surface area contributed by atoms with E-state index in [4.69, 9.17) is 20.4 Å². The maximum Gasteiger partial charge on any atom is 0.330 e. The molecule has 0 rings (SSSR count). The molecule has 0 saturated carbocycles. The van der Waals surface area contributed by atoms with Gasteiger partial charge in [-0.25, -0.2) is 9.59 Å². The molecule has 27 heavy (non-hydrogen) atoms. The van der Waals surface area contributed by atoms with Crippen molar-refractivity contribution in [1.29, 1.82) is 0 Å². The Morgan fingerprint density at radius 2 is 1.11 bits per heavy atom. The van der Waals surface area contributed by atoms with E-state index in [0.29, 0.717) is 0 Å². The minimum Gasteiger partial charge on any atom is -0.478 e. The van der Waals surface area contributed by atoms with Crippen molar-refractivity contribution < 1.29 is 39.6 Å². The number of nitrogens with two attached hydrogens (primary N) is 1. The molecule has 0 saturated heterocycles. The van der Waals surface area contributed by atoms with Crippen molar-refractivity contribution in [2.45, 2.75) is 13.8 Å². The Morgan fingerprint density at radius 3 is 1.11 bits per heavy atom. The zero-order valence-corrected chi connectivity index (χ0v) is 15.9. The van der Waals surface area contributed by atoms with E-state index in [1.165, 1.54) is 19.9 Å². The van der Waals surface area contributed by atoms with Crippen LogP contribution in [-0.2, 0) is 19.2 Å². The fraction of sp³-hybridized carbons (Fsp3) is 0.294. The number of carboxylic acid groups (broad SMARTS) is 2. The van der Waals surface area contributed by atoms with Gasteiger partial charge in [0, 0.05) is 18.2 Å². The minimum atomic E-state index is -0.935. The van der Waals surface area contributed by atoms with Crippen molar-refractivity contribution in [2.24, 2.45) is 5.73 Å². The van der Waals surface area contributed by atoms with Crippen LogP contribution in [0.1, 0.15) is 13.8 Å². The quantitative estimate of drug-likeness (QED) is 0.349. The summed E-state index contributed by atoms with van der Waals surface area (Å²) in [6, 6.07) is 0. The van der Waals surface area contributed by atoms with Crippen LogP contribution in [0.4, 0.5) is 0 Å². The predicted molar refractivity (Wildman–Crippen MR) is 103 cm³/mol. The second kappa shape index (κ2) is 27.6. The second-order valence-electron chi connectivity index (χ2n) is 4.04. The molecule has 0 unspecified atom stereocenters. The maximum atomic E-state index is 9.95. The van der Waals surface area contributed by atoms with E-state index in [9.17, 15) is 19.2 Å². The van der Waals surface area contributed by atoms with E-state index in [1.807, 2.05) is 0 Å². The van der Waals surface area contributed by atoms with Crippen molar-refractivity contribution in [3.63, 3.8) is 0 Å². The highest BCUT2D eigenvalue weighted by Gasteiger charge is 1.90. The largest absolute Gasteiger partial charge is 0.478 e. The topological polar surface area (TPSA) is 187 Å². The Balaban J connectivity index is -0.0000000753. The van der Waals surface area contributed by atoms with Crippen molar-refractivity contribution in [3.8, 4) is 0 Å². The molecule has 0 bridgehead atoms. The van der Waals surface area contributed by atoms with Crippen LogP contribution in [0.25, 0.3) is 0 Å². The van der Waals surface area contributed by atoms with Gasteiger partial charge >= 0.3 is 11.9 Å². The first kappa shape index (κ1) is 35.0. The van der Waals surface area contributed by atoms with Crippen molar-refractivity contribution in [2.75, 3.05) is 20.3 Å². The highest BCUT2D eigenvalue weighted by molar-refractivity contribution is 5.86. The second-order valence-corrected chi connectivity index (χ2v) is 4.04. The van der Waals surface area contributed by atoms with Gasteiger partial charge in [-0.3, -0.25) is 9.59 Å². The van der Waals surface area contributed by atoms with E-state index >= 15 is 0 Å². The molecule has 0 radical (unpaired) electrons. The number of likely N-dealkylation sites (N-methyl/N-ethyl adjacent to an activating group) is 1. The van der Waals surface area contributed by atoms with Crippen LogP contribution in [0, 0.1) is 0 Å². The van der Waals surface area contributed by atoms with Gasteiger partial charge in [0.1, 0.15) is 0 Å². The fourth-order valence-electron chi connectivity index (χ4n) is 0.102. The first-order valence-electron chi connectivity index (χ1n) is 7.04. The van der Waals surface area contributed by atoms with E-state index < -0.39 is 17.8 Å². The summed E-state index contributed by atoms with van der Waals surface area (Å²) in [5, 5.41) is 33.4. The van der Waals surface area contributed by atoms with Crippen LogP contribution < -0.4 is 11.1 Å². The highest BCUT2D eigenvalue weighted by Crippen LogP contribution is 1.81. The Labute approximate surface area is 159 Å². The number of aliphatic carboxylic acids is 2. The average molecular weight is 390 g/mol. The van der Waals surface area contributed by atoms with Gasteiger partial charge in [-0.1, -0.05) is 26.3 Å². The standard InChI is InChI=1S/C4H7NO.2C4H6O2.C3H5NO.C2H6O2/c1-3-4(6)5-2;2*1-3(2)4(5)6;1-2-3(4)5;3-1-2-4/h3H,1H2,2H3,(H,5,6);2*1H2,2H3,(H,5,6);2H,1H2,(H2,4,5);3-4H,1-2H2. The van der Waals surface area contributed by atoms with Crippen LogP contribution >= 0.6 is 0 Å². The number of aliphatic hydroxyl groups excluding tert-OH is 2. The van der Waals surface area contributed by atoms with E-state index in [-0.39, 0.29) is 30.3 Å². The van der Waals surface area contributed by atoms with Crippen LogP contribution in [0.5, 0.6) is 0 Å². The molecule has 10 nitrogen and oxygen atoms in total. The number of carbonyl (C=O) groups excluding carboxylic acids is 2. The van der Waals surface area contributed by atoms with E-state index in [0.717, 1.165) is 6.08 Å². The normalized spacial score (nSPS) is 7.15. The highest BCUT2D eigenvalue weighted by atomic mass is 16.4. The lowest BCUT2D eigenvalue weighted by Gasteiger charge is -1.82. The SMILES string of the molecule is C=C(C)C(=O)O.C=C(C)C(=O)O.C=CC(=O)NC.C=CC(N)=O.OCCO. The maximum absolute atomic E-state index is 9.95. The van der Waals surface area contributed by atoms with Gasteiger partial charge in [0.15, 0.2) is 0 Å². The van der Waals surface area contributed by atoms with Crippen LogP contribution in [0.15, 0.2) is 49.6 Å². The number of rotatable bonds is 5. The minimum absolute atomic E-state index is 0.125. The zero-order chi connectivity index (χ0) is 23.0. The molecule has 0 atom stereocenters. The molecule has 0 aliphatic carbocycles. The number of aliphatic hydroxyl groups is 2. The third-order valence-corrected chi connectivity index (χ3v) is 1.46. The molecular weight excluding hydrogens is 360 g/mol. The lowest BCUT2D eigenvalue weighted by Crippen LogP contribution is -2.13. The number of nitrogens with one attached hydrogen (secondary N) is 1. The smallest absolute Gasteiger partial charge is 0.330 e. The molecule has 0 aromatic carbocycles. The van der Waals surface area contributed by atoms with Crippen LogP contribution in [-0.4, -0.2) is 64.4 Å². The van der Waals surface area contributed by atoms with E-state index in [2.05, 4.69) is 37.4 Å². The summed E-state index contributed by atoms with van der Waals surface area (Å²) in [5.41, 5.74) is 4.89. The molecule has 0 spiro atoms. The summed E-state index contributed by atoms with van der Waals surface area (Å²) in [5.74, 6) is -2.50. The third kappa shape index (κ3) is 70.9. The van der Waals surface area contributed by atoms with Crippen LogP contribution in [0.2, 0.25) is 0 Å². The molecule has 0 fully saturated rings. The number of amides is 2. The third-order valence-electron chi connectivity index (χ3n) is 1.46. The van der Waals surface area contributed by atoms with Gasteiger partial charge < -0.3 is 31.5 Å². The first-order valence-corrected chi connectivity index (χ1v) is 7.04. The van der Waals surface area contributed by atoms with Gasteiger partial charge in [0.25, 0.3) is 0 Å². The number of hydrogen-bond acceptors (Lipinski definition) is 6. The Morgan fingerprint density at radius 1 is 0.889 bits per heavy atom.